The van der Waals surface area contributed by atoms with Crippen molar-refractivity contribution in [2.45, 2.75) is 24.8 Å². The summed E-state index contributed by atoms with van der Waals surface area (Å²) in [6, 6.07) is 21.3. The van der Waals surface area contributed by atoms with E-state index in [1.807, 2.05) is 0 Å². The number of hydrogen-bond acceptors (Lipinski definition) is 2. The van der Waals surface area contributed by atoms with Crippen LogP contribution in [0.15, 0.2) is 60.7 Å². The van der Waals surface area contributed by atoms with Crippen molar-refractivity contribution in [1.29, 1.82) is 0 Å². The first-order valence-corrected chi connectivity index (χ1v) is 8.31. The van der Waals surface area contributed by atoms with Crippen molar-refractivity contribution in [3.63, 3.8) is 0 Å². The van der Waals surface area contributed by atoms with Crippen molar-refractivity contribution < 1.29 is 4.79 Å². The van der Waals surface area contributed by atoms with Crippen LogP contribution >= 0.6 is 0 Å². The molecule has 0 spiro atoms. The van der Waals surface area contributed by atoms with Crippen LogP contribution in [0.5, 0.6) is 0 Å². The summed E-state index contributed by atoms with van der Waals surface area (Å²) in [5.74, 6) is 0. The largest absolute Gasteiger partial charge is 0.358 e. The van der Waals surface area contributed by atoms with Gasteiger partial charge in [-0.25, -0.2) is 0 Å². The van der Waals surface area contributed by atoms with Crippen molar-refractivity contribution in [2.24, 2.45) is 0 Å². The normalized spacial score (nSPS) is 17.6. The van der Waals surface area contributed by atoms with Crippen LogP contribution in [0.1, 0.15) is 24.0 Å². The van der Waals surface area contributed by atoms with Crippen molar-refractivity contribution >= 4 is 6.41 Å². The lowest BCUT2D eigenvalue weighted by Crippen LogP contribution is -2.47. The van der Waals surface area contributed by atoms with E-state index in [2.05, 4.69) is 70.9 Å². The smallest absolute Gasteiger partial charge is 0.207 e. The van der Waals surface area contributed by atoms with Gasteiger partial charge >= 0.3 is 0 Å². The molecule has 0 radical (unpaired) electrons. The molecule has 0 atom stereocenters. The van der Waals surface area contributed by atoms with Crippen molar-refractivity contribution in [1.82, 2.24) is 10.2 Å². The number of hydrogen-bond donors (Lipinski definition) is 1. The Morgan fingerprint density at radius 2 is 1.57 bits per heavy atom. The van der Waals surface area contributed by atoms with Crippen LogP contribution in [0.25, 0.3) is 0 Å². The highest BCUT2D eigenvalue weighted by molar-refractivity contribution is 5.46. The van der Waals surface area contributed by atoms with Crippen molar-refractivity contribution in [2.75, 3.05) is 19.6 Å². The third-order valence-corrected chi connectivity index (χ3v) is 4.97. The second kappa shape index (κ2) is 7.42. The highest BCUT2D eigenvalue weighted by Crippen LogP contribution is 2.35. The van der Waals surface area contributed by atoms with Crippen LogP contribution in [0.4, 0.5) is 0 Å². The number of amides is 1. The van der Waals surface area contributed by atoms with Gasteiger partial charge in [-0.05, 0) is 37.1 Å². The third kappa shape index (κ3) is 3.80. The summed E-state index contributed by atoms with van der Waals surface area (Å²) in [5.41, 5.74) is 2.77. The Labute approximate surface area is 138 Å². The molecule has 2 aromatic rings. The zero-order valence-corrected chi connectivity index (χ0v) is 13.4. The molecule has 3 nitrogen and oxygen atoms in total. The van der Waals surface area contributed by atoms with Gasteiger partial charge in [-0.15, -0.1) is 0 Å². The van der Waals surface area contributed by atoms with Gasteiger partial charge in [-0.3, -0.25) is 9.69 Å². The van der Waals surface area contributed by atoms with E-state index >= 15 is 0 Å². The highest BCUT2D eigenvalue weighted by atomic mass is 16.1. The molecule has 1 N–H and O–H groups in total. The van der Waals surface area contributed by atoms with Gasteiger partial charge in [-0.1, -0.05) is 60.7 Å². The number of nitrogens with zero attached hydrogens (tertiary/aromatic N) is 1. The molecular formula is C20H24N2O. The average Bonchev–Trinajstić information content (AvgIpc) is 2.63. The third-order valence-electron chi connectivity index (χ3n) is 4.97. The minimum absolute atomic E-state index is 0.0648. The lowest BCUT2D eigenvalue weighted by molar-refractivity contribution is -0.109. The Morgan fingerprint density at radius 3 is 2.17 bits per heavy atom. The van der Waals surface area contributed by atoms with E-state index in [0.717, 1.165) is 45.4 Å². The molecular weight excluding hydrogens is 284 g/mol. The molecule has 2 aromatic carbocycles. The van der Waals surface area contributed by atoms with Crippen LogP contribution in [0.2, 0.25) is 0 Å². The van der Waals surface area contributed by atoms with E-state index in [1.54, 1.807) is 0 Å². The van der Waals surface area contributed by atoms with Gasteiger partial charge in [0, 0.05) is 18.5 Å². The molecule has 120 valence electrons. The lowest BCUT2D eigenvalue weighted by atomic mass is 9.72. The molecule has 1 aliphatic rings. The number of benzene rings is 2. The number of nitrogens with one attached hydrogen (secondary N) is 1. The molecule has 0 unspecified atom stereocenters. The van der Waals surface area contributed by atoms with E-state index < -0.39 is 0 Å². The van der Waals surface area contributed by atoms with E-state index in [0.29, 0.717) is 0 Å². The molecule has 0 aromatic heterocycles. The minimum Gasteiger partial charge on any atom is -0.358 e. The fraction of sp³-hybridized carbons (Fsp3) is 0.350. The molecule has 1 fully saturated rings. The SMILES string of the molecule is O=CNCC1(c2ccccc2)CCN(Cc2ccccc2)CC1. The molecule has 23 heavy (non-hydrogen) atoms. The fourth-order valence-corrected chi connectivity index (χ4v) is 3.58. The Bertz CT molecular complexity index is 604. The number of rotatable bonds is 6. The minimum atomic E-state index is 0.0648. The summed E-state index contributed by atoms with van der Waals surface area (Å²) in [6.45, 7) is 3.85. The van der Waals surface area contributed by atoms with E-state index in [4.69, 9.17) is 0 Å². The summed E-state index contributed by atoms with van der Waals surface area (Å²) >= 11 is 0. The number of carbonyl (C=O) groups is 1. The van der Waals surface area contributed by atoms with Gasteiger partial charge in [0.15, 0.2) is 0 Å². The first-order valence-electron chi connectivity index (χ1n) is 8.31. The molecule has 1 heterocycles. The molecule has 1 saturated heterocycles. The molecule has 0 saturated carbocycles. The summed E-state index contributed by atoms with van der Waals surface area (Å²) in [5, 5.41) is 2.92. The Balaban J connectivity index is 1.69. The van der Waals surface area contributed by atoms with Crippen molar-refractivity contribution in [3.05, 3.63) is 71.8 Å². The maximum atomic E-state index is 10.8. The second-order valence-electron chi connectivity index (χ2n) is 6.41. The van der Waals surface area contributed by atoms with Gasteiger partial charge in [0.25, 0.3) is 0 Å². The first kappa shape index (κ1) is 15.8. The summed E-state index contributed by atoms with van der Waals surface area (Å²) in [4.78, 5) is 13.3. The highest BCUT2D eigenvalue weighted by Gasteiger charge is 2.35. The maximum Gasteiger partial charge on any atom is 0.207 e. The van der Waals surface area contributed by atoms with Gasteiger partial charge in [-0.2, -0.15) is 0 Å². The van der Waals surface area contributed by atoms with Crippen LogP contribution in [0, 0.1) is 0 Å². The van der Waals surface area contributed by atoms with Crippen LogP contribution in [-0.2, 0) is 16.8 Å². The average molecular weight is 308 g/mol. The fourth-order valence-electron chi connectivity index (χ4n) is 3.58. The van der Waals surface area contributed by atoms with Gasteiger partial charge in [0.1, 0.15) is 0 Å². The maximum absolute atomic E-state index is 10.8. The van der Waals surface area contributed by atoms with Crippen LogP contribution < -0.4 is 5.32 Å². The predicted octanol–water partition coefficient (Wildman–Crippen LogP) is 2.97. The summed E-state index contributed by atoms with van der Waals surface area (Å²) in [6.07, 6.45) is 2.97. The van der Waals surface area contributed by atoms with Crippen LogP contribution in [0.3, 0.4) is 0 Å². The Kier molecular flexibility index (Phi) is 5.09. The zero-order valence-electron chi connectivity index (χ0n) is 13.4. The summed E-state index contributed by atoms with van der Waals surface area (Å²) in [7, 11) is 0. The molecule has 0 aliphatic carbocycles. The van der Waals surface area contributed by atoms with Gasteiger partial charge in [0.05, 0.1) is 0 Å². The zero-order chi connectivity index (χ0) is 16.0. The topological polar surface area (TPSA) is 32.3 Å². The second-order valence-corrected chi connectivity index (χ2v) is 6.41. The number of piperidine rings is 1. The lowest BCUT2D eigenvalue weighted by Gasteiger charge is -2.42. The predicted molar refractivity (Wildman–Crippen MR) is 93.1 cm³/mol. The summed E-state index contributed by atoms with van der Waals surface area (Å²) < 4.78 is 0. The van der Waals surface area contributed by atoms with Crippen molar-refractivity contribution in [3.8, 4) is 0 Å². The van der Waals surface area contributed by atoms with E-state index in [-0.39, 0.29) is 5.41 Å². The van der Waals surface area contributed by atoms with Gasteiger partial charge < -0.3 is 5.32 Å². The van der Waals surface area contributed by atoms with E-state index in [9.17, 15) is 4.79 Å². The van der Waals surface area contributed by atoms with Gasteiger partial charge in [0.2, 0.25) is 6.41 Å². The monoisotopic (exact) mass is 308 g/mol. The molecule has 0 bridgehead atoms. The molecule has 3 heteroatoms. The number of likely N-dealkylation sites (tertiary alicyclic amines) is 1. The molecule has 1 aliphatic heterocycles. The Hall–Kier alpha value is -2.13. The molecule has 3 rings (SSSR count). The molecule has 1 amide bonds. The quantitative estimate of drug-likeness (QED) is 0.832. The Morgan fingerprint density at radius 1 is 0.957 bits per heavy atom. The number of carbonyl (C=O) groups excluding carboxylic acids is 1. The standard InChI is InChI=1S/C20H24N2O/c23-17-21-16-20(19-9-5-2-6-10-19)11-13-22(14-12-20)15-18-7-3-1-4-8-18/h1-10,17H,11-16H2,(H,21,23). The van der Waals surface area contributed by atoms with E-state index in [1.165, 1.54) is 11.1 Å². The first-order chi connectivity index (χ1) is 11.3. The van der Waals surface area contributed by atoms with Crippen LogP contribution in [-0.4, -0.2) is 30.9 Å².